The Kier molecular flexibility index (Phi) is 4.76. The minimum Gasteiger partial charge on any atom is -0.478 e. The molecule has 5 nitrogen and oxygen atoms in total. The Labute approximate surface area is 144 Å². The monoisotopic (exact) mass is 334 g/mol. The molecule has 0 aromatic heterocycles. The van der Waals surface area contributed by atoms with Crippen molar-refractivity contribution < 1.29 is 24.2 Å². The molecule has 0 unspecified atom stereocenters. The Balaban J connectivity index is 1.99. The fourth-order valence-corrected chi connectivity index (χ4v) is 2.23. The van der Waals surface area contributed by atoms with Gasteiger partial charge in [0.2, 0.25) is 0 Å². The molecule has 0 radical (unpaired) electrons. The second kappa shape index (κ2) is 7.31. The van der Waals surface area contributed by atoms with E-state index in [0.29, 0.717) is 11.5 Å². The maximum atomic E-state index is 12.5. The Morgan fingerprint density at radius 1 is 0.680 bits per heavy atom. The fraction of sp³-hybridized carbons (Fsp3) is 0. The number of carbonyl (C=O) groups excluding carboxylic acids is 1. The molecule has 5 heteroatoms. The molecule has 124 valence electrons. The summed E-state index contributed by atoms with van der Waals surface area (Å²) in [5.74, 6) is -1.16. The highest BCUT2D eigenvalue weighted by atomic mass is 16.5. The zero-order valence-corrected chi connectivity index (χ0v) is 13.1. The number of hydrogen-bond donors (Lipinski definition) is 1. The standard InChI is InChI=1S/C20H14O5/c21-19(22)16-12-7-13-17(18(16)24-14-8-3-1-4-9-14)20(23)25-15-10-5-2-6-11-15/h1-13H,(H,21,22). The van der Waals surface area contributed by atoms with Gasteiger partial charge in [-0.15, -0.1) is 0 Å². The number of carboxylic acids is 1. The lowest BCUT2D eigenvalue weighted by atomic mass is 10.1. The van der Waals surface area contributed by atoms with Crippen molar-refractivity contribution in [1.29, 1.82) is 0 Å². The number of hydrogen-bond acceptors (Lipinski definition) is 4. The third-order valence-electron chi connectivity index (χ3n) is 3.38. The average Bonchev–Trinajstić information content (AvgIpc) is 2.63. The van der Waals surface area contributed by atoms with Crippen LogP contribution in [0.3, 0.4) is 0 Å². The SMILES string of the molecule is O=C(O)c1cccc(C(=O)Oc2ccccc2)c1Oc1ccccc1. The van der Waals surface area contributed by atoms with Gasteiger partial charge in [-0.1, -0.05) is 42.5 Å². The van der Waals surface area contributed by atoms with E-state index in [9.17, 15) is 14.7 Å². The number of benzene rings is 3. The van der Waals surface area contributed by atoms with E-state index in [0.717, 1.165) is 0 Å². The summed E-state index contributed by atoms with van der Waals surface area (Å²) in [6.45, 7) is 0. The number of rotatable bonds is 5. The third kappa shape index (κ3) is 3.84. The topological polar surface area (TPSA) is 72.8 Å². The summed E-state index contributed by atoms with van der Waals surface area (Å²) < 4.78 is 11.0. The first-order chi connectivity index (χ1) is 12.1. The minimum absolute atomic E-state index is 0.0348. The molecule has 0 saturated carbocycles. The van der Waals surface area contributed by atoms with Crippen molar-refractivity contribution in [2.45, 2.75) is 0 Å². The van der Waals surface area contributed by atoms with Crippen molar-refractivity contribution in [2.24, 2.45) is 0 Å². The van der Waals surface area contributed by atoms with Crippen LogP contribution in [-0.4, -0.2) is 17.0 Å². The molecular formula is C20H14O5. The van der Waals surface area contributed by atoms with Crippen LogP contribution in [-0.2, 0) is 0 Å². The van der Waals surface area contributed by atoms with Gasteiger partial charge in [0.25, 0.3) is 0 Å². The molecule has 0 fully saturated rings. The van der Waals surface area contributed by atoms with Crippen LogP contribution in [0, 0.1) is 0 Å². The van der Waals surface area contributed by atoms with Crippen molar-refractivity contribution in [1.82, 2.24) is 0 Å². The van der Waals surface area contributed by atoms with E-state index in [1.165, 1.54) is 18.2 Å². The molecule has 0 aliphatic heterocycles. The molecule has 0 aliphatic rings. The molecule has 0 aliphatic carbocycles. The third-order valence-corrected chi connectivity index (χ3v) is 3.38. The van der Waals surface area contributed by atoms with Gasteiger partial charge in [0.15, 0.2) is 5.75 Å². The van der Waals surface area contributed by atoms with Crippen molar-refractivity contribution in [3.8, 4) is 17.2 Å². The first kappa shape index (κ1) is 16.3. The minimum atomic E-state index is -1.19. The van der Waals surface area contributed by atoms with Gasteiger partial charge in [-0.05, 0) is 36.4 Å². The zero-order chi connectivity index (χ0) is 17.6. The quantitative estimate of drug-likeness (QED) is 0.553. The molecule has 1 N–H and O–H groups in total. The van der Waals surface area contributed by atoms with Gasteiger partial charge in [0.05, 0.1) is 0 Å². The zero-order valence-electron chi connectivity index (χ0n) is 13.1. The summed E-state index contributed by atoms with van der Waals surface area (Å²) in [5, 5.41) is 9.41. The second-order valence-electron chi connectivity index (χ2n) is 5.11. The summed E-state index contributed by atoms with van der Waals surface area (Å²) in [6, 6.07) is 21.5. The molecule has 0 spiro atoms. The van der Waals surface area contributed by atoms with Crippen molar-refractivity contribution in [3.05, 3.63) is 90.0 Å². The average molecular weight is 334 g/mol. The van der Waals surface area contributed by atoms with Crippen LogP contribution in [0.25, 0.3) is 0 Å². The first-order valence-electron chi connectivity index (χ1n) is 7.51. The molecule has 0 heterocycles. The summed E-state index contributed by atoms with van der Waals surface area (Å²) in [4.78, 5) is 24.0. The Bertz CT molecular complexity index is 888. The summed E-state index contributed by atoms with van der Waals surface area (Å²) in [5.41, 5.74) is -0.0843. The fourth-order valence-electron chi connectivity index (χ4n) is 2.23. The van der Waals surface area contributed by atoms with Gasteiger partial charge < -0.3 is 14.6 Å². The highest BCUT2D eigenvalue weighted by Gasteiger charge is 2.22. The summed E-state index contributed by atoms with van der Waals surface area (Å²) in [6.07, 6.45) is 0. The smallest absolute Gasteiger partial charge is 0.347 e. The molecule has 3 aromatic rings. The lowest BCUT2D eigenvalue weighted by molar-refractivity contribution is 0.0694. The number of ether oxygens (including phenoxy) is 2. The van der Waals surface area contributed by atoms with Crippen LogP contribution in [0.2, 0.25) is 0 Å². The number of para-hydroxylation sites is 3. The van der Waals surface area contributed by atoms with E-state index < -0.39 is 11.9 Å². The van der Waals surface area contributed by atoms with Crippen LogP contribution in [0.4, 0.5) is 0 Å². The molecule has 0 saturated heterocycles. The van der Waals surface area contributed by atoms with Crippen LogP contribution >= 0.6 is 0 Å². The Hall–Kier alpha value is -3.60. The number of aromatic carboxylic acids is 1. The van der Waals surface area contributed by atoms with Crippen LogP contribution in [0.1, 0.15) is 20.7 Å². The van der Waals surface area contributed by atoms with Crippen molar-refractivity contribution >= 4 is 11.9 Å². The van der Waals surface area contributed by atoms with E-state index in [1.54, 1.807) is 60.7 Å². The molecule has 0 amide bonds. The maximum Gasteiger partial charge on any atom is 0.347 e. The van der Waals surface area contributed by atoms with Gasteiger partial charge >= 0.3 is 11.9 Å². The summed E-state index contributed by atoms with van der Waals surface area (Å²) >= 11 is 0. The predicted octanol–water partition coefficient (Wildman–Crippen LogP) is 4.40. The van der Waals surface area contributed by atoms with Crippen LogP contribution in [0.15, 0.2) is 78.9 Å². The Morgan fingerprint density at radius 2 is 1.24 bits per heavy atom. The number of carboxylic acid groups (broad SMARTS) is 1. The van der Waals surface area contributed by atoms with Crippen molar-refractivity contribution in [2.75, 3.05) is 0 Å². The van der Waals surface area contributed by atoms with E-state index >= 15 is 0 Å². The first-order valence-corrected chi connectivity index (χ1v) is 7.51. The second-order valence-corrected chi connectivity index (χ2v) is 5.11. The highest BCUT2D eigenvalue weighted by Crippen LogP contribution is 2.30. The van der Waals surface area contributed by atoms with E-state index in [-0.39, 0.29) is 16.9 Å². The number of esters is 1. The largest absolute Gasteiger partial charge is 0.478 e. The van der Waals surface area contributed by atoms with Gasteiger partial charge in [0.1, 0.15) is 22.6 Å². The van der Waals surface area contributed by atoms with Gasteiger partial charge in [-0.2, -0.15) is 0 Å². The molecule has 3 rings (SSSR count). The van der Waals surface area contributed by atoms with Gasteiger partial charge in [0, 0.05) is 0 Å². The lowest BCUT2D eigenvalue weighted by Crippen LogP contribution is -2.12. The molecule has 0 atom stereocenters. The van der Waals surface area contributed by atoms with Gasteiger partial charge in [-0.25, -0.2) is 9.59 Å². The molecule has 25 heavy (non-hydrogen) atoms. The summed E-state index contributed by atoms with van der Waals surface area (Å²) in [7, 11) is 0. The van der Waals surface area contributed by atoms with Crippen molar-refractivity contribution in [3.63, 3.8) is 0 Å². The molecular weight excluding hydrogens is 320 g/mol. The van der Waals surface area contributed by atoms with E-state index in [4.69, 9.17) is 9.47 Å². The molecule has 0 bridgehead atoms. The predicted molar refractivity (Wildman–Crippen MR) is 91.3 cm³/mol. The normalized spacial score (nSPS) is 10.1. The number of carbonyl (C=O) groups is 2. The van der Waals surface area contributed by atoms with E-state index in [2.05, 4.69) is 0 Å². The van der Waals surface area contributed by atoms with Gasteiger partial charge in [-0.3, -0.25) is 0 Å². The highest BCUT2D eigenvalue weighted by molar-refractivity contribution is 6.00. The maximum absolute atomic E-state index is 12.5. The lowest BCUT2D eigenvalue weighted by Gasteiger charge is -2.13. The molecule has 3 aromatic carbocycles. The Morgan fingerprint density at radius 3 is 1.84 bits per heavy atom. The van der Waals surface area contributed by atoms with Crippen LogP contribution < -0.4 is 9.47 Å². The van der Waals surface area contributed by atoms with Crippen LogP contribution in [0.5, 0.6) is 17.2 Å². The van der Waals surface area contributed by atoms with E-state index in [1.807, 2.05) is 0 Å².